The van der Waals surface area contributed by atoms with Crippen LogP contribution in [0.3, 0.4) is 0 Å². The smallest absolute Gasteiger partial charge is 0.454 e. The number of carbonyl (C=O) groups is 1. The maximum atomic E-state index is 11.9. The Morgan fingerprint density at radius 1 is 1.40 bits per heavy atom. The summed E-state index contributed by atoms with van der Waals surface area (Å²) < 4.78 is 40.5. The van der Waals surface area contributed by atoms with E-state index in [0.717, 1.165) is 6.42 Å². The minimum absolute atomic E-state index is 0.137. The summed E-state index contributed by atoms with van der Waals surface area (Å²) in [5.41, 5.74) is 0. The molecule has 0 spiro atoms. The number of nitrogens with one attached hydrogen (secondary N) is 1. The van der Waals surface area contributed by atoms with Crippen molar-refractivity contribution in [2.75, 3.05) is 13.2 Å². The molecule has 0 rings (SSSR count). The molecule has 0 fully saturated rings. The number of ketones is 1. The summed E-state index contributed by atoms with van der Waals surface area (Å²) in [5, 5.41) is 2.59. The van der Waals surface area contributed by atoms with Crippen molar-refractivity contribution in [1.82, 2.24) is 5.32 Å². The molecule has 15 heavy (non-hydrogen) atoms. The highest BCUT2D eigenvalue weighted by atomic mass is 19.4. The zero-order chi connectivity index (χ0) is 11.9. The lowest BCUT2D eigenvalue weighted by Gasteiger charge is -2.10. The highest BCUT2D eigenvalue weighted by molar-refractivity contribution is 5.94. The van der Waals surface area contributed by atoms with E-state index < -0.39 is 12.0 Å². The zero-order valence-electron chi connectivity index (χ0n) is 8.65. The van der Waals surface area contributed by atoms with Crippen molar-refractivity contribution in [2.45, 2.75) is 26.4 Å². The van der Waals surface area contributed by atoms with Crippen molar-refractivity contribution in [1.29, 1.82) is 0 Å². The Labute approximate surface area is 86.3 Å². The predicted molar refractivity (Wildman–Crippen MR) is 49.1 cm³/mol. The average molecular weight is 225 g/mol. The Bertz CT molecular complexity index is 236. The Hall–Kier alpha value is -1.20. The number of ether oxygens (including phenoxy) is 1. The molecule has 0 aliphatic rings. The number of hydrogen-bond acceptors (Lipinski definition) is 3. The number of alkyl halides is 3. The van der Waals surface area contributed by atoms with Crippen molar-refractivity contribution in [3.05, 3.63) is 12.0 Å². The van der Waals surface area contributed by atoms with Gasteiger partial charge in [0.2, 0.25) is 0 Å². The summed E-state index contributed by atoms with van der Waals surface area (Å²) in [6, 6.07) is 0. The fourth-order valence-corrected chi connectivity index (χ4v) is 0.748. The molecule has 0 heterocycles. The van der Waals surface area contributed by atoms with Crippen LogP contribution in [0.1, 0.15) is 20.3 Å². The molecule has 0 aromatic rings. The van der Waals surface area contributed by atoms with Crippen molar-refractivity contribution in [2.24, 2.45) is 0 Å². The quantitative estimate of drug-likeness (QED) is 0.555. The second-order valence-corrected chi connectivity index (χ2v) is 2.73. The fraction of sp³-hybridized carbons (Fsp3) is 0.667. The van der Waals surface area contributed by atoms with Crippen molar-refractivity contribution >= 4 is 5.78 Å². The van der Waals surface area contributed by atoms with E-state index in [1.54, 1.807) is 6.92 Å². The van der Waals surface area contributed by atoms with E-state index in [1.807, 2.05) is 6.92 Å². The van der Waals surface area contributed by atoms with Crippen LogP contribution < -0.4 is 5.32 Å². The average Bonchev–Trinajstić information content (AvgIpc) is 2.13. The van der Waals surface area contributed by atoms with Crippen LogP contribution >= 0.6 is 0 Å². The van der Waals surface area contributed by atoms with Crippen LogP contribution in [-0.2, 0) is 9.53 Å². The topological polar surface area (TPSA) is 38.3 Å². The minimum Gasteiger partial charge on any atom is -0.479 e. The predicted octanol–water partition coefficient (Wildman–Crippen LogP) is 2.00. The monoisotopic (exact) mass is 225 g/mol. The van der Waals surface area contributed by atoms with Gasteiger partial charge in [0, 0.05) is 6.54 Å². The van der Waals surface area contributed by atoms with Crippen molar-refractivity contribution in [3.8, 4) is 0 Å². The summed E-state index contributed by atoms with van der Waals surface area (Å²) in [6.45, 7) is 4.13. The third-order valence-electron chi connectivity index (χ3n) is 1.39. The van der Waals surface area contributed by atoms with E-state index in [0.29, 0.717) is 12.6 Å². The van der Waals surface area contributed by atoms with Gasteiger partial charge in [-0.15, -0.1) is 0 Å². The van der Waals surface area contributed by atoms with Crippen molar-refractivity contribution < 1.29 is 22.7 Å². The Kier molecular flexibility index (Phi) is 5.81. The zero-order valence-corrected chi connectivity index (χ0v) is 8.65. The summed E-state index contributed by atoms with van der Waals surface area (Å²) >= 11 is 0. The van der Waals surface area contributed by atoms with Gasteiger partial charge in [0.1, 0.15) is 0 Å². The van der Waals surface area contributed by atoms with E-state index in [4.69, 9.17) is 4.74 Å². The summed E-state index contributed by atoms with van der Waals surface area (Å²) in [6.07, 6.45) is -3.69. The molecule has 1 N–H and O–H groups in total. The highest BCUT2D eigenvalue weighted by Crippen LogP contribution is 2.17. The van der Waals surface area contributed by atoms with E-state index >= 15 is 0 Å². The molecule has 0 saturated heterocycles. The normalized spacial score (nSPS) is 12.5. The van der Waals surface area contributed by atoms with Gasteiger partial charge in [0.25, 0.3) is 5.78 Å². The van der Waals surface area contributed by atoms with E-state index in [-0.39, 0.29) is 12.5 Å². The van der Waals surface area contributed by atoms with Gasteiger partial charge in [-0.2, -0.15) is 13.2 Å². The highest BCUT2D eigenvalue weighted by Gasteiger charge is 2.37. The lowest BCUT2D eigenvalue weighted by molar-refractivity contribution is -0.165. The summed E-state index contributed by atoms with van der Waals surface area (Å²) in [5.74, 6) is -2.06. The molecule has 0 amide bonds. The van der Waals surface area contributed by atoms with E-state index in [1.165, 1.54) is 0 Å². The molecule has 88 valence electrons. The molecular formula is C9H14F3NO2. The fourth-order valence-electron chi connectivity index (χ4n) is 0.748. The van der Waals surface area contributed by atoms with Gasteiger partial charge >= 0.3 is 6.18 Å². The van der Waals surface area contributed by atoms with Crippen LogP contribution in [0.5, 0.6) is 0 Å². The molecule has 0 atom stereocenters. The third-order valence-corrected chi connectivity index (χ3v) is 1.39. The van der Waals surface area contributed by atoms with Gasteiger partial charge in [0.05, 0.1) is 12.7 Å². The maximum absolute atomic E-state index is 11.9. The molecule has 3 nitrogen and oxygen atoms in total. The first-order valence-electron chi connectivity index (χ1n) is 4.61. The molecule has 0 aliphatic carbocycles. The van der Waals surface area contributed by atoms with Crippen LogP contribution in [0.2, 0.25) is 0 Å². The van der Waals surface area contributed by atoms with Gasteiger partial charge in [-0.25, -0.2) is 0 Å². The van der Waals surface area contributed by atoms with Crippen LogP contribution in [0.25, 0.3) is 0 Å². The van der Waals surface area contributed by atoms with Gasteiger partial charge in [-0.05, 0) is 13.3 Å². The maximum Gasteiger partial charge on any atom is 0.454 e. The first-order valence-corrected chi connectivity index (χ1v) is 4.61. The van der Waals surface area contributed by atoms with E-state index in [2.05, 4.69) is 5.32 Å². The summed E-state index contributed by atoms with van der Waals surface area (Å²) in [4.78, 5) is 10.6. The molecule has 6 heteroatoms. The van der Waals surface area contributed by atoms with Gasteiger partial charge in [-0.3, -0.25) is 4.79 Å². The van der Waals surface area contributed by atoms with Gasteiger partial charge in [0.15, 0.2) is 5.88 Å². The van der Waals surface area contributed by atoms with Crippen LogP contribution in [0.15, 0.2) is 12.0 Å². The van der Waals surface area contributed by atoms with Gasteiger partial charge < -0.3 is 10.1 Å². The van der Waals surface area contributed by atoms with E-state index in [9.17, 15) is 18.0 Å². The first-order chi connectivity index (χ1) is 6.91. The summed E-state index contributed by atoms with van der Waals surface area (Å²) in [7, 11) is 0. The second-order valence-electron chi connectivity index (χ2n) is 2.73. The Morgan fingerprint density at radius 2 is 2.00 bits per heavy atom. The second kappa shape index (κ2) is 6.31. The Morgan fingerprint density at radius 3 is 2.40 bits per heavy atom. The molecule has 0 aliphatic heterocycles. The van der Waals surface area contributed by atoms with Crippen LogP contribution in [-0.4, -0.2) is 25.1 Å². The number of hydrogen-bond donors (Lipinski definition) is 1. The molecular weight excluding hydrogens is 211 g/mol. The van der Waals surface area contributed by atoms with Crippen LogP contribution in [0, 0.1) is 0 Å². The number of halogens is 3. The largest absolute Gasteiger partial charge is 0.479 e. The Balaban J connectivity index is 4.45. The molecule has 0 aromatic carbocycles. The number of rotatable bonds is 6. The third kappa shape index (κ3) is 5.98. The molecule has 0 bridgehead atoms. The molecule has 0 unspecified atom stereocenters. The van der Waals surface area contributed by atoms with Crippen molar-refractivity contribution in [3.63, 3.8) is 0 Å². The number of carbonyl (C=O) groups excluding carboxylic acids is 1. The minimum atomic E-state index is -4.85. The van der Waals surface area contributed by atoms with Crippen LogP contribution in [0.4, 0.5) is 13.2 Å². The molecule has 0 aromatic heterocycles. The van der Waals surface area contributed by atoms with Gasteiger partial charge in [-0.1, -0.05) is 6.92 Å². The standard InChI is InChI=1S/C9H14F3NO2/c1-3-5-13-8(15-4-2)6-7(14)9(10,11)12/h6,13H,3-5H2,1-2H3/b8-6+. The molecule has 0 saturated carbocycles. The lowest BCUT2D eigenvalue weighted by Crippen LogP contribution is -2.24. The molecule has 0 radical (unpaired) electrons. The lowest BCUT2D eigenvalue weighted by atomic mass is 10.3. The first kappa shape index (κ1) is 13.8. The SMILES string of the molecule is CCCN/C(=C\C(=O)C(F)(F)F)OCC. The number of allylic oxidation sites excluding steroid dienone is 1.